The molecule has 2 amide bonds. The number of hydrogen-bond donors (Lipinski definition) is 3. The number of ether oxygens (including phenoxy) is 1. The van der Waals surface area contributed by atoms with E-state index >= 15 is 0 Å². The van der Waals surface area contributed by atoms with Gasteiger partial charge in [-0.25, -0.2) is 4.79 Å². The van der Waals surface area contributed by atoms with Crippen LogP contribution < -0.4 is 10.6 Å². The normalized spacial score (nSPS) is 13.1. The number of aliphatic carboxylic acids is 1. The summed E-state index contributed by atoms with van der Waals surface area (Å²) in [7, 11) is 0. The third kappa shape index (κ3) is 6.01. The van der Waals surface area contributed by atoms with Gasteiger partial charge in [-0.1, -0.05) is 55.5 Å². The van der Waals surface area contributed by atoms with Crippen LogP contribution in [0.1, 0.15) is 24.0 Å². The topological polar surface area (TPSA) is 105 Å². The maximum atomic E-state index is 12.2. The SMILES string of the molecule is CC(CNC(=O)OCC1c2ccccc2-c2ccccc21)C(=O)NCCSCC(=O)O. The molecule has 0 bridgehead atoms. The van der Waals surface area contributed by atoms with E-state index in [9.17, 15) is 14.4 Å². The van der Waals surface area contributed by atoms with Crippen LogP contribution in [0.4, 0.5) is 4.79 Å². The summed E-state index contributed by atoms with van der Waals surface area (Å²) in [5, 5.41) is 14.0. The van der Waals surface area contributed by atoms with Gasteiger partial charge in [-0.2, -0.15) is 0 Å². The molecular weight excluding hydrogens is 416 g/mol. The van der Waals surface area contributed by atoms with Gasteiger partial charge < -0.3 is 20.5 Å². The summed E-state index contributed by atoms with van der Waals surface area (Å²) in [6.45, 7) is 2.47. The summed E-state index contributed by atoms with van der Waals surface area (Å²) < 4.78 is 5.46. The van der Waals surface area contributed by atoms with Crippen molar-refractivity contribution in [3.05, 3.63) is 59.7 Å². The zero-order chi connectivity index (χ0) is 22.2. The van der Waals surface area contributed by atoms with Crippen LogP contribution in [0.25, 0.3) is 11.1 Å². The first kappa shape index (κ1) is 22.7. The van der Waals surface area contributed by atoms with Crippen LogP contribution in [0, 0.1) is 5.92 Å². The Morgan fingerprint density at radius 1 is 1.03 bits per heavy atom. The van der Waals surface area contributed by atoms with E-state index in [2.05, 4.69) is 34.9 Å². The summed E-state index contributed by atoms with van der Waals surface area (Å²) in [4.78, 5) is 34.7. The quantitative estimate of drug-likeness (QED) is 0.489. The monoisotopic (exact) mass is 442 g/mol. The van der Waals surface area contributed by atoms with Crippen LogP contribution >= 0.6 is 11.8 Å². The maximum Gasteiger partial charge on any atom is 0.407 e. The zero-order valence-electron chi connectivity index (χ0n) is 17.3. The molecule has 2 aromatic rings. The smallest absolute Gasteiger partial charge is 0.407 e. The third-order valence-electron chi connectivity index (χ3n) is 5.12. The van der Waals surface area contributed by atoms with E-state index in [1.807, 2.05) is 24.3 Å². The number of amides is 2. The van der Waals surface area contributed by atoms with Gasteiger partial charge in [-0.05, 0) is 22.3 Å². The van der Waals surface area contributed by atoms with E-state index in [4.69, 9.17) is 9.84 Å². The fraction of sp³-hybridized carbons (Fsp3) is 0.348. The molecule has 0 spiro atoms. The Hall–Kier alpha value is -3.00. The van der Waals surface area contributed by atoms with Gasteiger partial charge in [0.05, 0.1) is 11.7 Å². The second-order valence-electron chi connectivity index (χ2n) is 7.34. The molecule has 0 saturated heterocycles. The number of alkyl carbamates (subject to hydrolysis) is 1. The lowest BCUT2D eigenvalue weighted by Crippen LogP contribution is -2.38. The highest BCUT2D eigenvalue weighted by molar-refractivity contribution is 7.99. The lowest BCUT2D eigenvalue weighted by atomic mass is 9.98. The first-order valence-electron chi connectivity index (χ1n) is 10.1. The highest BCUT2D eigenvalue weighted by Gasteiger charge is 2.29. The summed E-state index contributed by atoms with van der Waals surface area (Å²) in [6, 6.07) is 16.2. The Balaban J connectivity index is 1.42. The number of carbonyl (C=O) groups is 3. The molecule has 0 fully saturated rings. The molecule has 31 heavy (non-hydrogen) atoms. The number of benzene rings is 2. The molecule has 164 valence electrons. The highest BCUT2D eigenvalue weighted by Crippen LogP contribution is 2.44. The minimum absolute atomic E-state index is 0.00869. The molecule has 0 saturated carbocycles. The lowest BCUT2D eigenvalue weighted by molar-refractivity contribution is -0.134. The van der Waals surface area contributed by atoms with Crippen molar-refractivity contribution in [1.29, 1.82) is 0 Å². The van der Waals surface area contributed by atoms with Gasteiger partial charge in [-0.3, -0.25) is 9.59 Å². The summed E-state index contributed by atoms with van der Waals surface area (Å²) in [6.07, 6.45) is -0.557. The van der Waals surface area contributed by atoms with Gasteiger partial charge in [0.15, 0.2) is 0 Å². The van der Waals surface area contributed by atoms with Gasteiger partial charge >= 0.3 is 12.1 Å². The van der Waals surface area contributed by atoms with Crippen LogP contribution in [-0.2, 0) is 14.3 Å². The standard InChI is InChI=1S/C23H26N2O5S/c1-15(22(28)24-10-11-31-14-21(26)27)12-25-23(29)30-13-20-18-8-4-2-6-16(18)17-7-3-5-9-19(17)20/h2-9,15,20H,10-14H2,1H3,(H,24,28)(H,25,29)(H,26,27). The van der Waals surface area contributed by atoms with Crippen molar-refractivity contribution in [2.45, 2.75) is 12.8 Å². The minimum Gasteiger partial charge on any atom is -0.481 e. The van der Waals surface area contributed by atoms with Crippen molar-refractivity contribution in [3.63, 3.8) is 0 Å². The van der Waals surface area contributed by atoms with Crippen molar-refractivity contribution in [2.24, 2.45) is 5.92 Å². The molecular formula is C23H26N2O5S. The largest absolute Gasteiger partial charge is 0.481 e. The molecule has 3 N–H and O–H groups in total. The van der Waals surface area contributed by atoms with Gasteiger partial charge in [0.2, 0.25) is 5.91 Å². The van der Waals surface area contributed by atoms with E-state index in [0.717, 1.165) is 11.1 Å². The summed E-state index contributed by atoms with van der Waals surface area (Å²) >= 11 is 1.24. The van der Waals surface area contributed by atoms with Gasteiger partial charge in [0.25, 0.3) is 0 Å². The van der Waals surface area contributed by atoms with Crippen molar-refractivity contribution in [3.8, 4) is 11.1 Å². The first-order chi connectivity index (χ1) is 15.0. The van der Waals surface area contributed by atoms with E-state index in [-0.39, 0.29) is 30.7 Å². The molecule has 0 aliphatic heterocycles. The molecule has 2 aromatic carbocycles. The molecule has 1 atom stereocenters. The van der Waals surface area contributed by atoms with Crippen molar-refractivity contribution in [1.82, 2.24) is 10.6 Å². The maximum absolute atomic E-state index is 12.2. The second kappa shape index (κ2) is 10.9. The van der Waals surface area contributed by atoms with Gasteiger partial charge in [-0.15, -0.1) is 11.8 Å². The van der Waals surface area contributed by atoms with Crippen molar-refractivity contribution >= 4 is 29.7 Å². The van der Waals surface area contributed by atoms with Crippen LogP contribution in [0.5, 0.6) is 0 Å². The van der Waals surface area contributed by atoms with Crippen LogP contribution in [0.2, 0.25) is 0 Å². The number of thioether (sulfide) groups is 1. The Morgan fingerprint density at radius 3 is 2.26 bits per heavy atom. The number of carboxylic acids is 1. The molecule has 3 rings (SSSR count). The van der Waals surface area contributed by atoms with Crippen molar-refractivity contribution in [2.75, 3.05) is 31.2 Å². The molecule has 0 aromatic heterocycles. The Labute approximate surface area is 185 Å². The highest BCUT2D eigenvalue weighted by atomic mass is 32.2. The fourth-order valence-electron chi connectivity index (χ4n) is 3.56. The Bertz CT molecular complexity index is 904. The predicted molar refractivity (Wildman–Crippen MR) is 120 cm³/mol. The lowest BCUT2D eigenvalue weighted by Gasteiger charge is -2.16. The van der Waals surface area contributed by atoms with Gasteiger partial charge in [0, 0.05) is 24.8 Å². The van der Waals surface area contributed by atoms with Crippen LogP contribution in [0.3, 0.4) is 0 Å². The molecule has 1 aliphatic rings. The molecule has 7 nitrogen and oxygen atoms in total. The van der Waals surface area contributed by atoms with Gasteiger partial charge in [0.1, 0.15) is 6.61 Å². The first-order valence-corrected chi connectivity index (χ1v) is 11.3. The van der Waals surface area contributed by atoms with E-state index in [1.54, 1.807) is 6.92 Å². The Kier molecular flexibility index (Phi) is 7.94. The molecule has 1 aliphatic carbocycles. The summed E-state index contributed by atoms with van der Waals surface area (Å²) in [5.74, 6) is -0.988. The van der Waals surface area contributed by atoms with Crippen molar-refractivity contribution < 1.29 is 24.2 Å². The number of carboxylic acid groups (broad SMARTS) is 1. The fourth-order valence-corrected chi connectivity index (χ4v) is 4.12. The van der Waals surface area contributed by atoms with E-state index in [0.29, 0.717) is 12.3 Å². The molecule has 0 heterocycles. The number of nitrogens with one attached hydrogen (secondary N) is 2. The average molecular weight is 443 g/mol. The van der Waals surface area contributed by atoms with Crippen LogP contribution in [0.15, 0.2) is 48.5 Å². The third-order valence-corrected chi connectivity index (χ3v) is 6.06. The zero-order valence-corrected chi connectivity index (χ0v) is 18.1. The Morgan fingerprint density at radius 2 is 1.65 bits per heavy atom. The number of hydrogen-bond acceptors (Lipinski definition) is 5. The number of fused-ring (bicyclic) bond motifs is 3. The molecule has 1 unspecified atom stereocenters. The van der Waals surface area contributed by atoms with Crippen LogP contribution in [-0.4, -0.2) is 54.3 Å². The molecule has 0 radical (unpaired) electrons. The molecule has 8 heteroatoms. The predicted octanol–water partition coefficient (Wildman–Crippen LogP) is 3.10. The summed E-state index contributed by atoms with van der Waals surface area (Å²) in [5.41, 5.74) is 4.62. The van der Waals surface area contributed by atoms with E-state index in [1.165, 1.54) is 22.9 Å². The van der Waals surface area contributed by atoms with E-state index < -0.39 is 18.0 Å². The average Bonchev–Trinajstić information content (AvgIpc) is 3.09. The number of carbonyl (C=O) groups excluding carboxylic acids is 2. The number of rotatable bonds is 10. The second-order valence-corrected chi connectivity index (χ2v) is 8.45. The minimum atomic E-state index is -0.878.